The Balaban J connectivity index is 1.93. The van der Waals surface area contributed by atoms with Gasteiger partial charge in [-0.05, 0) is 42.3 Å². The molecule has 0 spiro atoms. The zero-order valence-corrected chi connectivity index (χ0v) is 15.8. The molecule has 2 aromatic rings. The van der Waals surface area contributed by atoms with Gasteiger partial charge in [0.1, 0.15) is 0 Å². The van der Waals surface area contributed by atoms with Crippen LogP contribution in [0.4, 0.5) is 0 Å². The molecule has 0 aliphatic carbocycles. The van der Waals surface area contributed by atoms with Crippen molar-refractivity contribution >= 4 is 23.2 Å². The predicted molar refractivity (Wildman–Crippen MR) is 108 cm³/mol. The van der Waals surface area contributed by atoms with Crippen molar-refractivity contribution < 1.29 is 4.79 Å². The Morgan fingerprint density at radius 3 is 2.50 bits per heavy atom. The number of hydrogen-bond donors (Lipinski definition) is 1. The van der Waals surface area contributed by atoms with Gasteiger partial charge in [0.05, 0.1) is 18.9 Å². The third kappa shape index (κ3) is 6.30. The number of rotatable bonds is 7. The maximum atomic E-state index is 12.3. The molecule has 0 fully saturated rings. The van der Waals surface area contributed by atoms with Crippen LogP contribution >= 0.6 is 12.2 Å². The number of amides is 1. The molecule has 1 amide bonds. The number of carbonyl (C=O) groups excluding carboxylic acids is 1. The normalized spacial score (nSPS) is 10.0. The molecule has 0 atom stereocenters. The van der Waals surface area contributed by atoms with Gasteiger partial charge in [0.25, 0.3) is 0 Å². The molecule has 4 nitrogen and oxygen atoms in total. The molecule has 5 heteroatoms. The van der Waals surface area contributed by atoms with Crippen molar-refractivity contribution in [3.05, 3.63) is 71.3 Å². The average Bonchev–Trinajstić information content (AvgIpc) is 2.64. The highest BCUT2D eigenvalue weighted by molar-refractivity contribution is 7.80. The summed E-state index contributed by atoms with van der Waals surface area (Å²) in [6.07, 6.45) is 1.46. The Morgan fingerprint density at radius 2 is 1.81 bits per heavy atom. The first kappa shape index (κ1) is 19.6. The number of aryl methyl sites for hydroxylation is 1. The lowest BCUT2D eigenvalue weighted by Crippen LogP contribution is -2.44. The van der Waals surface area contributed by atoms with Crippen molar-refractivity contribution in [3.8, 4) is 6.07 Å². The third-order valence-corrected chi connectivity index (χ3v) is 4.51. The van der Waals surface area contributed by atoms with Crippen LogP contribution in [0.5, 0.6) is 0 Å². The van der Waals surface area contributed by atoms with E-state index in [-0.39, 0.29) is 12.3 Å². The van der Waals surface area contributed by atoms with Gasteiger partial charge in [-0.3, -0.25) is 4.79 Å². The highest BCUT2D eigenvalue weighted by Gasteiger charge is 2.13. The Bertz CT molecular complexity index is 783. The molecule has 0 aromatic heterocycles. The first-order chi connectivity index (χ1) is 12.6. The number of nitrogens with one attached hydrogen (secondary N) is 1. The molecule has 2 rings (SSSR count). The average molecular weight is 366 g/mol. The monoisotopic (exact) mass is 365 g/mol. The van der Waals surface area contributed by atoms with Gasteiger partial charge in [-0.15, -0.1) is 0 Å². The Kier molecular flexibility index (Phi) is 7.78. The van der Waals surface area contributed by atoms with Crippen LogP contribution in [0.3, 0.4) is 0 Å². The Morgan fingerprint density at radius 1 is 1.12 bits per heavy atom. The fourth-order valence-corrected chi connectivity index (χ4v) is 2.93. The minimum Gasteiger partial charge on any atom is -0.348 e. The van der Waals surface area contributed by atoms with E-state index in [4.69, 9.17) is 17.5 Å². The molecular formula is C21H23N3OS. The minimum absolute atomic E-state index is 0.133. The second-order valence-corrected chi connectivity index (χ2v) is 6.47. The molecule has 0 radical (unpaired) electrons. The second-order valence-electron chi connectivity index (χ2n) is 6.09. The largest absolute Gasteiger partial charge is 0.348 e. The lowest BCUT2D eigenvalue weighted by molar-refractivity contribution is -0.119. The molecular weight excluding hydrogens is 342 g/mol. The van der Waals surface area contributed by atoms with Gasteiger partial charge in [0.2, 0.25) is 5.91 Å². The fourth-order valence-electron chi connectivity index (χ4n) is 2.63. The SMILES string of the molecule is Cc1ccccc1CC(=O)NC(=S)N(CCC#N)CCc1ccccc1. The van der Waals surface area contributed by atoms with E-state index in [2.05, 4.69) is 23.5 Å². The van der Waals surface area contributed by atoms with E-state index in [1.807, 2.05) is 54.3 Å². The highest BCUT2D eigenvalue weighted by Crippen LogP contribution is 2.08. The van der Waals surface area contributed by atoms with Gasteiger partial charge in [0.15, 0.2) is 5.11 Å². The third-order valence-electron chi connectivity index (χ3n) is 4.15. The van der Waals surface area contributed by atoms with Gasteiger partial charge in [-0.2, -0.15) is 5.26 Å². The number of nitriles is 1. The Hall–Kier alpha value is -2.71. The molecule has 0 aliphatic rings. The lowest BCUT2D eigenvalue weighted by atomic mass is 10.1. The molecule has 1 N–H and O–H groups in total. The lowest BCUT2D eigenvalue weighted by Gasteiger charge is -2.24. The van der Waals surface area contributed by atoms with Crippen LogP contribution < -0.4 is 5.32 Å². The quantitative estimate of drug-likeness (QED) is 0.764. The second kappa shape index (κ2) is 10.3. The summed E-state index contributed by atoms with van der Waals surface area (Å²) in [7, 11) is 0. The molecule has 134 valence electrons. The van der Waals surface area contributed by atoms with Crippen molar-refractivity contribution in [2.75, 3.05) is 13.1 Å². The van der Waals surface area contributed by atoms with E-state index >= 15 is 0 Å². The summed E-state index contributed by atoms with van der Waals surface area (Å²) in [5, 5.41) is 12.1. The van der Waals surface area contributed by atoms with Crippen molar-refractivity contribution in [1.82, 2.24) is 10.2 Å². The first-order valence-corrected chi connectivity index (χ1v) is 9.05. The van der Waals surface area contributed by atoms with E-state index in [1.165, 1.54) is 5.56 Å². The summed E-state index contributed by atoms with van der Waals surface area (Å²) < 4.78 is 0. The maximum Gasteiger partial charge on any atom is 0.230 e. The van der Waals surface area contributed by atoms with Gasteiger partial charge < -0.3 is 10.2 Å². The summed E-state index contributed by atoms with van der Waals surface area (Å²) in [4.78, 5) is 14.2. The van der Waals surface area contributed by atoms with E-state index in [1.54, 1.807) is 0 Å². The van der Waals surface area contributed by atoms with Gasteiger partial charge in [-0.1, -0.05) is 54.6 Å². The van der Waals surface area contributed by atoms with Gasteiger partial charge in [0, 0.05) is 13.1 Å². The van der Waals surface area contributed by atoms with Crippen molar-refractivity contribution in [1.29, 1.82) is 5.26 Å². The molecule has 0 saturated heterocycles. The van der Waals surface area contributed by atoms with E-state index in [0.717, 1.165) is 17.5 Å². The summed E-state index contributed by atoms with van der Waals surface area (Å²) in [6.45, 7) is 3.15. The zero-order valence-electron chi connectivity index (χ0n) is 14.9. The van der Waals surface area contributed by atoms with Crippen LogP contribution in [0, 0.1) is 18.3 Å². The van der Waals surface area contributed by atoms with Crippen LogP contribution in [-0.4, -0.2) is 29.0 Å². The fraction of sp³-hybridized carbons (Fsp3) is 0.286. The molecule has 0 unspecified atom stereocenters. The van der Waals surface area contributed by atoms with Crippen LogP contribution in [-0.2, 0) is 17.6 Å². The standard InChI is InChI=1S/C21H23N3OS/c1-17-8-5-6-11-19(17)16-20(25)23-21(26)24(14-7-13-22)15-12-18-9-3-2-4-10-18/h2-6,8-11H,7,12,14-16H2,1H3,(H,23,25,26). The number of carbonyl (C=O) groups is 1. The van der Waals surface area contributed by atoms with Crippen molar-refractivity contribution in [3.63, 3.8) is 0 Å². The molecule has 0 saturated carbocycles. The Labute approximate surface area is 160 Å². The number of nitrogens with zero attached hydrogens (tertiary/aromatic N) is 2. The van der Waals surface area contributed by atoms with Crippen molar-refractivity contribution in [2.45, 2.75) is 26.2 Å². The highest BCUT2D eigenvalue weighted by atomic mass is 32.1. The van der Waals surface area contributed by atoms with E-state index < -0.39 is 0 Å². The first-order valence-electron chi connectivity index (χ1n) is 8.64. The molecule has 26 heavy (non-hydrogen) atoms. The van der Waals surface area contributed by atoms with Crippen LogP contribution in [0.15, 0.2) is 54.6 Å². The van der Waals surface area contributed by atoms with E-state index in [9.17, 15) is 4.79 Å². The minimum atomic E-state index is -0.133. The van der Waals surface area contributed by atoms with E-state index in [0.29, 0.717) is 24.6 Å². The smallest absolute Gasteiger partial charge is 0.230 e. The van der Waals surface area contributed by atoms with Gasteiger partial charge >= 0.3 is 0 Å². The number of benzene rings is 2. The van der Waals surface area contributed by atoms with Crippen molar-refractivity contribution in [2.24, 2.45) is 0 Å². The van der Waals surface area contributed by atoms with Gasteiger partial charge in [-0.25, -0.2) is 0 Å². The zero-order chi connectivity index (χ0) is 18.8. The molecule has 0 bridgehead atoms. The molecule has 0 heterocycles. The number of hydrogen-bond acceptors (Lipinski definition) is 3. The maximum absolute atomic E-state index is 12.3. The predicted octanol–water partition coefficient (Wildman–Crippen LogP) is 3.40. The summed E-state index contributed by atoms with van der Waals surface area (Å²) in [6, 6.07) is 20.0. The number of thiocarbonyl (C=S) groups is 1. The van der Waals surface area contributed by atoms with Crippen LogP contribution in [0.2, 0.25) is 0 Å². The summed E-state index contributed by atoms with van der Waals surface area (Å²) >= 11 is 5.41. The summed E-state index contributed by atoms with van der Waals surface area (Å²) in [5.41, 5.74) is 3.27. The van der Waals surface area contributed by atoms with Crippen LogP contribution in [0.25, 0.3) is 0 Å². The topological polar surface area (TPSA) is 56.1 Å². The molecule has 2 aromatic carbocycles. The molecule has 0 aliphatic heterocycles. The summed E-state index contributed by atoms with van der Waals surface area (Å²) in [5.74, 6) is -0.133. The van der Waals surface area contributed by atoms with Crippen LogP contribution in [0.1, 0.15) is 23.1 Å².